The molecule has 3 rings (SSSR count). The van der Waals surface area contributed by atoms with Crippen molar-refractivity contribution in [2.75, 3.05) is 0 Å². The van der Waals surface area contributed by atoms with Crippen LogP contribution in [0.3, 0.4) is 0 Å². The van der Waals surface area contributed by atoms with Gasteiger partial charge in [-0.1, -0.05) is 48.9 Å². The predicted molar refractivity (Wildman–Crippen MR) is 90.2 cm³/mol. The first kappa shape index (κ1) is 16.6. The summed E-state index contributed by atoms with van der Waals surface area (Å²) in [5, 5.41) is 16.1. The van der Waals surface area contributed by atoms with Crippen molar-refractivity contribution in [3.63, 3.8) is 0 Å². The zero-order valence-corrected chi connectivity index (χ0v) is 13.9. The van der Waals surface area contributed by atoms with Gasteiger partial charge in [0, 0.05) is 16.5 Å². The van der Waals surface area contributed by atoms with Crippen molar-refractivity contribution in [3.05, 3.63) is 83.2 Å². The van der Waals surface area contributed by atoms with Gasteiger partial charge in [0.05, 0.1) is 6.54 Å². The number of benzene rings is 2. The van der Waals surface area contributed by atoms with Crippen molar-refractivity contribution in [1.29, 1.82) is 0 Å². The van der Waals surface area contributed by atoms with Crippen molar-refractivity contribution in [2.45, 2.75) is 25.0 Å². The third kappa shape index (κ3) is 3.18. The fraction of sp³-hybridized carbons (Fsp3) is 0.222. The zero-order valence-electron chi connectivity index (χ0n) is 13.1. The van der Waals surface area contributed by atoms with Crippen LogP contribution in [-0.4, -0.2) is 19.9 Å². The van der Waals surface area contributed by atoms with E-state index < -0.39 is 17.3 Å². The van der Waals surface area contributed by atoms with E-state index in [2.05, 4.69) is 10.1 Å². The molecule has 1 N–H and O–H groups in total. The van der Waals surface area contributed by atoms with Crippen molar-refractivity contribution >= 4 is 11.6 Å². The second-order valence-corrected chi connectivity index (χ2v) is 6.21. The lowest BCUT2D eigenvalue weighted by Gasteiger charge is -2.35. The molecule has 124 valence electrons. The molecule has 2 aromatic carbocycles. The van der Waals surface area contributed by atoms with Gasteiger partial charge in [-0.25, -0.2) is 14.1 Å². The van der Waals surface area contributed by atoms with Gasteiger partial charge >= 0.3 is 0 Å². The first-order valence-electron chi connectivity index (χ1n) is 7.56. The predicted octanol–water partition coefficient (Wildman–Crippen LogP) is 3.76. The quantitative estimate of drug-likeness (QED) is 0.766. The summed E-state index contributed by atoms with van der Waals surface area (Å²) in [6.45, 7) is 1.91. The highest BCUT2D eigenvalue weighted by Crippen LogP contribution is 2.39. The summed E-state index contributed by atoms with van der Waals surface area (Å²) in [5.41, 5.74) is -0.481. The molecule has 0 saturated heterocycles. The molecule has 1 heterocycles. The minimum absolute atomic E-state index is 0.0710. The summed E-state index contributed by atoms with van der Waals surface area (Å²) < 4.78 is 15.9. The van der Waals surface area contributed by atoms with Gasteiger partial charge in [-0.15, -0.1) is 0 Å². The zero-order chi connectivity index (χ0) is 17.2. The van der Waals surface area contributed by atoms with E-state index in [9.17, 15) is 9.50 Å². The van der Waals surface area contributed by atoms with Crippen LogP contribution in [0, 0.1) is 5.82 Å². The van der Waals surface area contributed by atoms with Crippen LogP contribution in [0.1, 0.15) is 24.0 Å². The third-order valence-electron chi connectivity index (χ3n) is 4.27. The number of hydrogen-bond acceptors (Lipinski definition) is 3. The lowest BCUT2D eigenvalue weighted by Crippen LogP contribution is -2.38. The van der Waals surface area contributed by atoms with Crippen LogP contribution in [0.2, 0.25) is 5.02 Å². The van der Waals surface area contributed by atoms with E-state index >= 15 is 0 Å². The lowest BCUT2D eigenvalue weighted by molar-refractivity contribution is -0.0111. The van der Waals surface area contributed by atoms with E-state index in [4.69, 9.17) is 11.6 Å². The molecule has 2 unspecified atom stereocenters. The van der Waals surface area contributed by atoms with E-state index in [0.717, 1.165) is 5.56 Å². The summed E-state index contributed by atoms with van der Waals surface area (Å²) in [4.78, 5) is 3.89. The van der Waals surface area contributed by atoms with Crippen LogP contribution in [0.15, 0.2) is 61.2 Å². The summed E-state index contributed by atoms with van der Waals surface area (Å²) in [5.74, 6) is -0.883. The molecule has 0 fully saturated rings. The number of rotatable bonds is 5. The Morgan fingerprint density at radius 1 is 1.25 bits per heavy atom. The molecule has 6 heteroatoms. The minimum Gasteiger partial charge on any atom is -0.382 e. The third-order valence-corrected chi connectivity index (χ3v) is 4.51. The minimum atomic E-state index is -1.51. The molecule has 0 spiro atoms. The van der Waals surface area contributed by atoms with Gasteiger partial charge in [0.1, 0.15) is 24.1 Å². The highest BCUT2D eigenvalue weighted by Gasteiger charge is 2.39. The van der Waals surface area contributed by atoms with Gasteiger partial charge < -0.3 is 5.11 Å². The first-order valence-corrected chi connectivity index (χ1v) is 7.94. The monoisotopic (exact) mass is 345 g/mol. The van der Waals surface area contributed by atoms with Crippen LogP contribution in [0.25, 0.3) is 0 Å². The van der Waals surface area contributed by atoms with E-state index in [1.807, 2.05) is 19.1 Å². The fourth-order valence-electron chi connectivity index (χ4n) is 2.88. The Morgan fingerprint density at radius 3 is 2.71 bits per heavy atom. The van der Waals surface area contributed by atoms with Crippen LogP contribution >= 0.6 is 11.6 Å². The van der Waals surface area contributed by atoms with Crippen molar-refractivity contribution in [1.82, 2.24) is 14.8 Å². The largest absolute Gasteiger partial charge is 0.382 e. The van der Waals surface area contributed by atoms with E-state index in [-0.39, 0.29) is 12.1 Å². The molecular formula is C18H17ClFN3O. The van der Waals surface area contributed by atoms with E-state index in [0.29, 0.717) is 5.02 Å². The number of nitrogens with zero attached hydrogens (tertiary/aromatic N) is 3. The Labute approximate surface area is 144 Å². The maximum atomic E-state index is 14.4. The maximum Gasteiger partial charge on any atom is 0.137 e. The van der Waals surface area contributed by atoms with Gasteiger partial charge in [0.15, 0.2) is 0 Å². The van der Waals surface area contributed by atoms with E-state index in [1.54, 1.807) is 30.3 Å². The summed E-state index contributed by atoms with van der Waals surface area (Å²) >= 11 is 6.08. The molecule has 0 aliphatic heterocycles. The molecule has 1 aromatic heterocycles. The second-order valence-electron chi connectivity index (χ2n) is 5.77. The molecule has 0 aliphatic carbocycles. The Bertz CT molecular complexity index is 825. The van der Waals surface area contributed by atoms with E-state index in [1.165, 1.54) is 23.4 Å². The average Bonchev–Trinajstić information content (AvgIpc) is 3.07. The van der Waals surface area contributed by atoms with Crippen LogP contribution in [-0.2, 0) is 12.1 Å². The maximum absolute atomic E-state index is 14.4. The Kier molecular flexibility index (Phi) is 4.64. The van der Waals surface area contributed by atoms with Crippen molar-refractivity contribution in [2.24, 2.45) is 0 Å². The standard InChI is InChI=1S/C18H17ClFN3O/c1-13(14-5-4-6-15(19)9-14)18(24,10-23-12-21-11-22-23)16-7-2-3-8-17(16)20/h2-9,11-13,24H,10H2,1H3. The highest BCUT2D eigenvalue weighted by molar-refractivity contribution is 6.30. The first-order chi connectivity index (χ1) is 11.5. The molecule has 0 radical (unpaired) electrons. The molecule has 3 aromatic rings. The normalized spacial score (nSPS) is 15.0. The Morgan fingerprint density at radius 2 is 2.04 bits per heavy atom. The van der Waals surface area contributed by atoms with Gasteiger partial charge in [-0.2, -0.15) is 5.10 Å². The molecule has 0 bridgehead atoms. The fourth-order valence-corrected chi connectivity index (χ4v) is 3.08. The summed E-state index contributed by atoms with van der Waals surface area (Å²) in [7, 11) is 0. The summed E-state index contributed by atoms with van der Waals surface area (Å²) in [6.07, 6.45) is 2.88. The van der Waals surface area contributed by atoms with Gasteiger partial charge in [-0.05, 0) is 23.8 Å². The highest BCUT2D eigenvalue weighted by atomic mass is 35.5. The molecular weight excluding hydrogens is 329 g/mol. The number of aromatic nitrogens is 3. The van der Waals surface area contributed by atoms with Gasteiger partial charge in [-0.3, -0.25) is 0 Å². The molecule has 2 atom stereocenters. The molecule has 0 aliphatic rings. The smallest absolute Gasteiger partial charge is 0.137 e. The lowest BCUT2D eigenvalue weighted by atomic mass is 9.78. The average molecular weight is 346 g/mol. The second kappa shape index (κ2) is 6.71. The van der Waals surface area contributed by atoms with Crippen molar-refractivity contribution < 1.29 is 9.50 Å². The molecule has 24 heavy (non-hydrogen) atoms. The van der Waals surface area contributed by atoms with Gasteiger partial charge in [0.2, 0.25) is 0 Å². The number of aliphatic hydroxyl groups is 1. The Balaban J connectivity index is 2.09. The Hall–Kier alpha value is -2.24. The number of halogens is 2. The van der Waals surface area contributed by atoms with Crippen LogP contribution in [0.5, 0.6) is 0 Å². The summed E-state index contributed by atoms with van der Waals surface area (Å²) in [6, 6.07) is 13.4. The molecule has 0 amide bonds. The SMILES string of the molecule is CC(c1cccc(Cl)c1)C(O)(Cn1cncn1)c1ccccc1F. The van der Waals surface area contributed by atoms with Crippen LogP contribution in [0.4, 0.5) is 4.39 Å². The number of hydrogen-bond donors (Lipinski definition) is 1. The molecule has 4 nitrogen and oxygen atoms in total. The van der Waals surface area contributed by atoms with Gasteiger partial charge in [0.25, 0.3) is 0 Å². The van der Waals surface area contributed by atoms with Crippen LogP contribution < -0.4 is 0 Å². The van der Waals surface area contributed by atoms with Crippen molar-refractivity contribution in [3.8, 4) is 0 Å². The topological polar surface area (TPSA) is 50.9 Å². The molecule has 0 saturated carbocycles.